The van der Waals surface area contributed by atoms with Crippen LogP contribution in [0.2, 0.25) is 0 Å². The molecule has 0 aromatic heterocycles. The van der Waals surface area contributed by atoms with Crippen LogP contribution in [0.5, 0.6) is 0 Å². The summed E-state index contributed by atoms with van der Waals surface area (Å²) in [5, 5.41) is 0. The van der Waals surface area contributed by atoms with Crippen LogP contribution in [-0.2, 0) is 4.79 Å². The first-order chi connectivity index (χ1) is 7.91. The van der Waals surface area contributed by atoms with Gasteiger partial charge in [-0.2, -0.15) is 0 Å². The fraction of sp³-hybridized carbons (Fsp3) is 0.462. The Bertz CT molecular complexity index is 359. The van der Waals surface area contributed by atoms with Crippen molar-refractivity contribution in [1.82, 2.24) is 0 Å². The van der Waals surface area contributed by atoms with Gasteiger partial charge in [-0.15, -0.1) is 0 Å². The van der Waals surface area contributed by atoms with Crippen molar-refractivity contribution in [2.45, 2.75) is 31.7 Å². The molecule has 1 rings (SSSR count). The first kappa shape index (κ1) is 14.6. The molecule has 0 aliphatic rings. The lowest BCUT2D eigenvalue weighted by molar-refractivity contribution is -0.127. The highest BCUT2D eigenvalue weighted by molar-refractivity contribution is 8.76. The zero-order valence-corrected chi connectivity index (χ0v) is 12.1. The van der Waals surface area contributed by atoms with E-state index in [9.17, 15) is 4.79 Å². The van der Waals surface area contributed by atoms with Gasteiger partial charge in [-0.1, -0.05) is 60.6 Å². The van der Waals surface area contributed by atoms with Crippen molar-refractivity contribution < 1.29 is 4.79 Å². The fourth-order valence-corrected chi connectivity index (χ4v) is 3.44. The molecule has 1 unspecified atom stereocenters. The summed E-state index contributed by atoms with van der Waals surface area (Å²) < 4.78 is 0. The zero-order valence-electron chi connectivity index (χ0n) is 10.5. The molecule has 0 saturated carbocycles. The molecule has 0 spiro atoms. The van der Waals surface area contributed by atoms with E-state index in [-0.39, 0.29) is 17.2 Å². The van der Waals surface area contributed by atoms with Crippen LogP contribution in [0.1, 0.15) is 20.8 Å². The molecule has 0 heterocycles. The van der Waals surface area contributed by atoms with E-state index in [4.69, 9.17) is 5.73 Å². The summed E-state index contributed by atoms with van der Waals surface area (Å²) in [5.41, 5.74) is 5.53. The van der Waals surface area contributed by atoms with E-state index in [2.05, 4.69) is 12.1 Å². The monoisotopic (exact) mass is 269 g/mol. The van der Waals surface area contributed by atoms with Gasteiger partial charge < -0.3 is 5.73 Å². The summed E-state index contributed by atoms with van der Waals surface area (Å²) in [4.78, 5) is 13.0. The van der Waals surface area contributed by atoms with Gasteiger partial charge >= 0.3 is 0 Å². The number of ketones is 1. The summed E-state index contributed by atoms with van der Waals surface area (Å²) in [6.07, 6.45) is 0. The molecule has 0 radical (unpaired) electrons. The summed E-state index contributed by atoms with van der Waals surface area (Å²) >= 11 is 0. The third-order valence-corrected chi connectivity index (χ3v) is 4.64. The summed E-state index contributed by atoms with van der Waals surface area (Å²) in [7, 11) is 3.29. The highest BCUT2D eigenvalue weighted by Crippen LogP contribution is 2.31. The summed E-state index contributed by atoms with van der Waals surface area (Å²) in [6.45, 7) is 5.72. The normalized spacial score (nSPS) is 13.4. The van der Waals surface area contributed by atoms with Crippen LogP contribution in [0.25, 0.3) is 0 Å². The molecule has 0 aliphatic heterocycles. The third-order valence-electron chi connectivity index (χ3n) is 2.22. The molecule has 0 amide bonds. The lowest BCUT2D eigenvalue weighted by Gasteiger charge is -2.21. The molecule has 2 nitrogen and oxygen atoms in total. The number of hydrogen-bond acceptors (Lipinski definition) is 4. The Morgan fingerprint density at radius 3 is 2.41 bits per heavy atom. The number of benzene rings is 1. The number of nitrogens with two attached hydrogens (primary N) is 1. The number of carbonyl (C=O) groups is 1. The molecule has 1 atom stereocenters. The Morgan fingerprint density at radius 2 is 1.88 bits per heavy atom. The first-order valence-electron chi connectivity index (χ1n) is 5.55. The van der Waals surface area contributed by atoms with Gasteiger partial charge in [-0.25, -0.2) is 0 Å². The van der Waals surface area contributed by atoms with Crippen LogP contribution in [0.4, 0.5) is 0 Å². The summed E-state index contributed by atoms with van der Waals surface area (Å²) in [5.74, 6) is 0.772. The smallest absolute Gasteiger partial charge is 0.155 e. The molecule has 1 aromatic carbocycles. The molecule has 1 aromatic rings. The molecule has 17 heavy (non-hydrogen) atoms. The van der Waals surface area contributed by atoms with Gasteiger partial charge in [0.2, 0.25) is 0 Å². The predicted octanol–water partition coefficient (Wildman–Crippen LogP) is 3.37. The maximum absolute atomic E-state index is 11.9. The molecule has 0 aliphatic carbocycles. The number of rotatable bonds is 5. The molecule has 94 valence electrons. The second-order valence-corrected chi connectivity index (χ2v) is 7.32. The van der Waals surface area contributed by atoms with Crippen molar-refractivity contribution in [1.29, 1.82) is 0 Å². The van der Waals surface area contributed by atoms with E-state index < -0.39 is 0 Å². The Morgan fingerprint density at radius 1 is 1.29 bits per heavy atom. The second kappa shape index (κ2) is 6.47. The Labute approximate surface area is 111 Å². The topological polar surface area (TPSA) is 43.1 Å². The van der Waals surface area contributed by atoms with Crippen molar-refractivity contribution in [2.24, 2.45) is 11.1 Å². The molecule has 0 bridgehead atoms. The third kappa shape index (κ3) is 5.15. The second-order valence-electron chi connectivity index (χ2n) is 4.90. The standard InChI is InChI=1S/C13H19NOS2/c1-13(2,3)12(15)11(14)9-16-17-10-7-5-4-6-8-10/h4-8,11H,9,14H2,1-3H3. The molecule has 0 fully saturated rings. The van der Waals surface area contributed by atoms with Gasteiger partial charge in [-0.05, 0) is 12.1 Å². The van der Waals surface area contributed by atoms with Crippen molar-refractivity contribution in [3.8, 4) is 0 Å². The fourth-order valence-electron chi connectivity index (χ4n) is 1.28. The van der Waals surface area contributed by atoms with Crippen LogP contribution in [0, 0.1) is 5.41 Å². The minimum absolute atomic E-state index is 0.124. The lowest BCUT2D eigenvalue weighted by Crippen LogP contribution is -2.40. The van der Waals surface area contributed by atoms with Crippen molar-refractivity contribution >= 4 is 27.4 Å². The van der Waals surface area contributed by atoms with Crippen LogP contribution < -0.4 is 5.73 Å². The molecular formula is C13H19NOS2. The highest BCUT2D eigenvalue weighted by atomic mass is 33.1. The lowest BCUT2D eigenvalue weighted by atomic mass is 9.87. The minimum atomic E-state index is -0.379. The first-order valence-corrected chi connectivity index (χ1v) is 7.87. The van der Waals surface area contributed by atoms with Crippen LogP contribution >= 0.6 is 21.6 Å². The highest BCUT2D eigenvalue weighted by Gasteiger charge is 2.26. The number of hydrogen-bond donors (Lipinski definition) is 1. The van der Waals surface area contributed by atoms with E-state index in [1.165, 1.54) is 4.90 Å². The van der Waals surface area contributed by atoms with Crippen LogP contribution in [-0.4, -0.2) is 17.6 Å². The minimum Gasteiger partial charge on any atom is -0.321 e. The molecule has 4 heteroatoms. The quantitative estimate of drug-likeness (QED) is 0.832. The van der Waals surface area contributed by atoms with Crippen LogP contribution in [0.15, 0.2) is 35.2 Å². The van der Waals surface area contributed by atoms with Gasteiger partial charge in [0.05, 0.1) is 6.04 Å². The molecule has 0 saturated heterocycles. The van der Waals surface area contributed by atoms with Crippen molar-refractivity contribution in [3.05, 3.63) is 30.3 Å². The van der Waals surface area contributed by atoms with E-state index >= 15 is 0 Å². The van der Waals surface area contributed by atoms with Crippen molar-refractivity contribution in [3.63, 3.8) is 0 Å². The Kier molecular flexibility index (Phi) is 5.56. The predicted molar refractivity (Wildman–Crippen MR) is 77.2 cm³/mol. The van der Waals surface area contributed by atoms with Gasteiger partial charge in [0, 0.05) is 16.1 Å². The van der Waals surface area contributed by atoms with E-state index in [0.29, 0.717) is 5.75 Å². The van der Waals surface area contributed by atoms with Crippen molar-refractivity contribution in [2.75, 3.05) is 5.75 Å². The van der Waals surface area contributed by atoms with Gasteiger partial charge in [0.25, 0.3) is 0 Å². The molecular weight excluding hydrogens is 250 g/mol. The molecule has 2 N–H and O–H groups in total. The summed E-state index contributed by atoms with van der Waals surface area (Å²) in [6, 6.07) is 9.72. The average molecular weight is 269 g/mol. The largest absolute Gasteiger partial charge is 0.321 e. The average Bonchev–Trinajstić information content (AvgIpc) is 2.28. The Hall–Kier alpha value is -0.450. The van der Waals surface area contributed by atoms with Gasteiger partial charge in [0.15, 0.2) is 5.78 Å². The van der Waals surface area contributed by atoms with E-state index in [1.807, 2.05) is 39.0 Å². The number of Topliss-reactive ketones (excluding diaryl/α,β-unsaturated/α-hetero) is 1. The van der Waals surface area contributed by atoms with Crippen LogP contribution in [0.3, 0.4) is 0 Å². The van der Waals surface area contributed by atoms with E-state index in [1.54, 1.807) is 21.6 Å². The zero-order chi connectivity index (χ0) is 12.9. The van der Waals surface area contributed by atoms with Gasteiger partial charge in [-0.3, -0.25) is 4.79 Å². The maximum Gasteiger partial charge on any atom is 0.155 e. The Balaban J connectivity index is 2.35. The SMILES string of the molecule is CC(C)(C)C(=O)C(N)CSSc1ccccc1. The van der Waals surface area contributed by atoms with E-state index in [0.717, 1.165) is 0 Å². The maximum atomic E-state index is 11.9. The van der Waals surface area contributed by atoms with Gasteiger partial charge in [0.1, 0.15) is 0 Å². The number of carbonyl (C=O) groups excluding carboxylic acids is 1.